The minimum Gasteiger partial charge on any atom is -0.340 e. The van der Waals surface area contributed by atoms with Gasteiger partial charge in [-0.25, -0.2) is 4.79 Å². The lowest BCUT2D eigenvalue weighted by Crippen LogP contribution is -2.51. The molecule has 0 saturated carbocycles. The summed E-state index contributed by atoms with van der Waals surface area (Å²) in [5.74, 6) is 0.728. The minimum absolute atomic E-state index is 0.0266. The molecule has 4 nitrogen and oxygen atoms in total. The van der Waals surface area contributed by atoms with Crippen LogP contribution in [0.2, 0.25) is 0 Å². The van der Waals surface area contributed by atoms with Gasteiger partial charge in [-0.3, -0.25) is 4.79 Å². The van der Waals surface area contributed by atoms with Crippen LogP contribution in [0.3, 0.4) is 0 Å². The van der Waals surface area contributed by atoms with E-state index < -0.39 is 10.9 Å². The Bertz CT molecular complexity index is 293. The summed E-state index contributed by atoms with van der Waals surface area (Å²) >= 11 is 5.00. The van der Waals surface area contributed by atoms with E-state index >= 15 is 0 Å². The Morgan fingerprint density at radius 3 is 3.15 bits per heavy atom. The number of halogens is 1. The summed E-state index contributed by atoms with van der Waals surface area (Å²) in [5.41, 5.74) is 0. The van der Waals surface area contributed by atoms with Crippen LogP contribution in [0.25, 0.3) is 0 Å². The van der Waals surface area contributed by atoms with Gasteiger partial charge in [0.2, 0.25) is 5.91 Å². The van der Waals surface area contributed by atoms with E-state index in [9.17, 15) is 9.59 Å². The lowest BCUT2D eigenvalue weighted by atomic mass is 10.2. The molecule has 0 bridgehead atoms. The van der Waals surface area contributed by atoms with Crippen LogP contribution >= 0.6 is 22.8 Å². The van der Waals surface area contributed by atoms with Gasteiger partial charge in [-0.1, -0.05) is 6.08 Å². The van der Waals surface area contributed by atoms with Crippen molar-refractivity contribution in [3.8, 4) is 0 Å². The number of fused-ring (bicyclic) bond motifs is 1. The molecule has 0 aromatic heterocycles. The Balaban J connectivity index is 2.12. The number of hydrogen-bond donors (Lipinski definition) is 1. The Labute approximate surface area is 83.0 Å². The first-order valence-electron chi connectivity index (χ1n) is 3.81. The normalized spacial score (nSPS) is 33.6. The van der Waals surface area contributed by atoms with E-state index in [1.165, 1.54) is 0 Å². The van der Waals surface area contributed by atoms with Crippen LogP contribution in [0.4, 0.5) is 4.79 Å². The molecular formula is C7H8ClNO3S. The predicted molar refractivity (Wildman–Crippen MR) is 50.6 cm³/mol. The van der Waals surface area contributed by atoms with Gasteiger partial charge in [0.1, 0.15) is 11.9 Å². The van der Waals surface area contributed by atoms with Crippen molar-refractivity contribution >= 4 is 34.0 Å². The minimum atomic E-state index is -0.948. The third-order valence-electron chi connectivity index (χ3n) is 2.19. The number of carbonyl (C=O) groups excluding carboxylic acids is 2. The van der Waals surface area contributed by atoms with Crippen molar-refractivity contribution in [2.24, 2.45) is 0 Å². The second-order valence-electron chi connectivity index (χ2n) is 2.87. The van der Waals surface area contributed by atoms with E-state index in [2.05, 4.69) is 4.29 Å². The van der Waals surface area contributed by atoms with E-state index in [4.69, 9.17) is 11.9 Å². The summed E-state index contributed by atoms with van der Waals surface area (Å²) in [6, 6.07) is 0. The molecule has 1 amide bonds. The quantitative estimate of drug-likeness (QED) is 0.496. The van der Waals surface area contributed by atoms with Crippen molar-refractivity contribution in [2.45, 2.75) is 11.8 Å². The highest BCUT2D eigenvalue weighted by Gasteiger charge is 2.43. The van der Waals surface area contributed by atoms with E-state index in [0.29, 0.717) is 12.2 Å². The average Bonchev–Trinajstić information content (AvgIpc) is 2.15. The van der Waals surface area contributed by atoms with Gasteiger partial charge < -0.3 is 9.19 Å². The molecule has 0 N–H and O–H groups in total. The summed E-state index contributed by atoms with van der Waals surface area (Å²) in [6.45, 7) is 0. The van der Waals surface area contributed by atoms with Crippen molar-refractivity contribution in [3.05, 3.63) is 12.3 Å². The van der Waals surface area contributed by atoms with Gasteiger partial charge in [-0.2, -0.15) is 0 Å². The number of nitrogens with zero attached hydrogens (tertiary/aromatic N) is 1. The Kier molecular flexibility index (Phi) is 2.21. The smallest absolute Gasteiger partial charge is 0.340 e. The number of carbonyl (C=O) groups is 2. The summed E-state index contributed by atoms with van der Waals surface area (Å²) in [5, 5.41) is -0.359. The van der Waals surface area contributed by atoms with Crippen LogP contribution in [-0.4, -0.2) is 27.2 Å². The molecule has 13 heavy (non-hydrogen) atoms. The van der Waals surface area contributed by atoms with Crippen molar-refractivity contribution in [1.82, 2.24) is 4.90 Å². The Hall–Kier alpha value is -0.680. The number of thiol groups is 1. The van der Waals surface area contributed by atoms with Crippen molar-refractivity contribution in [1.29, 1.82) is 0 Å². The molecule has 2 unspecified atom stereocenters. The second-order valence-corrected chi connectivity index (χ2v) is 5.29. The highest BCUT2D eigenvalue weighted by atomic mass is 35.5. The summed E-state index contributed by atoms with van der Waals surface area (Å²) in [7, 11) is -0.948. The van der Waals surface area contributed by atoms with Crippen LogP contribution < -0.4 is 0 Å². The lowest BCUT2D eigenvalue weighted by molar-refractivity contribution is -0.137. The lowest BCUT2D eigenvalue weighted by Gasteiger charge is -2.45. The number of β-lactam (4-membered cyclic amide) rings is 1. The molecule has 0 radical (unpaired) electrons. The molecule has 2 aliphatic rings. The third kappa shape index (κ3) is 1.32. The second kappa shape index (κ2) is 3.23. The highest BCUT2D eigenvalue weighted by Crippen LogP contribution is 2.46. The van der Waals surface area contributed by atoms with Gasteiger partial charge in [0.15, 0.2) is 0 Å². The fraction of sp³-hybridized carbons (Fsp3) is 0.429. The first kappa shape index (κ1) is 8.90. The molecule has 2 rings (SSSR count). The van der Waals surface area contributed by atoms with Gasteiger partial charge in [0.25, 0.3) is 0 Å². The van der Waals surface area contributed by atoms with Crippen molar-refractivity contribution in [2.75, 3.05) is 5.75 Å². The van der Waals surface area contributed by atoms with Crippen LogP contribution in [0.5, 0.6) is 0 Å². The Morgan fingerprint density at radius 1 is 1.77 bits per heavy atom. The summed E-state index contributed by atoms with van der Waals surface area (Å²) in [4.78, 5) is 23.8. The summed E-state index contributed by atoms with van der Waals surface area (Å²) in [6.07, 6.45) is 3.99. The SMILES string of the molecule is O=C1CC2N1C=CC[SH]2C(=O)OCl. The Morgan fingerprint density at radius 2 is 2.54 bits per heavy atom. The molecule has 2 atom stereocenters. The molecule has 2 aliphatic heterocycles. The van der Waals surface area contributed by atoms with Gasteiger partial charge in [-0.05, 0) is 0 Å². The third-order valence-corrected chi connectivity index (χ3v) is 4.76. The zero-order valence-electron chi connectivity index (χ0n) is 6.64. The van der Waals surface area contributed by atoms with E-state index in [0.717, 1.165) is 0 Å². The standard InChI is InChI=1S/C7H8ClNO3S/c8-12-7(11)13-3-1-2-9-5(10)4-6(9)13/h1-2,6,13H,3-4H2. The molecule has 2 heterocycles. The van der Waals surface area contributed by atoms with E-state index in [-0.39, 0.29) is 16.6 Å². The fourth-order valence-corrected chi connectivity index (χ4v) is 3.69. The fourth-order valence-electron chi connectivity index (χ4n) is 1.49. The van der Waals surface area contributed by atoms with E-state index in [1.54, 1.807) is 11.1 Å². The zero-order chi connectivity index (χ0) is 9.42. The maximum Gasteiger partial charge on any atom is 0.367 e. The number of amides is 1. The molecule has 0 aromatic rings. The van der Waals surface area contributed by atoms with Crippen LogP contribution in [0.15, 0.2) is 12.3 Å². The molecule has 0 aromatic carbocycles. The van der Waals surface area contributed by atoms with Crippen LogP contribution in [0, 0.1) is 0 Å². The topological polar surface area (TPSA) is 46.6 Å². The van der Waals surface area contributed by atoms with Crippen molar-refractivity contribution < 1.29 is 13.9 Å². The van der Waals surface area contributed by atoms with E-state index in [1.807, 2.05) is 6.08 Å². The number of hydrogen-bond acceptors (Lipinski definition) is 3. The largest absolute Gasteiger partial charge is 0.367 e. The van der Waals surface area contributed by atoms with Gasteiger partial charge in [-0.15, -0.1) is 10.9 Å². The molecular weight excluding hydrogens is 214 g/mol. The van der Waals surface area contributed by atoms with Crippen molar-refractivity contribution in [3.63, 3.8) is 0 Å². The predicted octanol–water partition coefficient (Wildman–Crippen LogP) is 1.36. The highest BCUT2D eigenvalue weighted by molar-refractivity contribution is 8.30. The molecule has 1 saturated heterocycles. The summed E-state index contributed by atoms with van der Waals surface area (Å²) < 4.78 is 4.17. The average molecular weight is 222 g/mol. The van der Waals surface area contributed by atoms with Gasteiger partial charge in [0, 0.05) is 12.0 Å². The molecule has 0 aliphatic carbocycles. The molecule has 72 valence electrons. The van der Waals surface area contributed by atoms with Crippen LogP contribution in [-0.2, 0) is 9.08 Å². The molecule has 0 spiro atoms. The van der Waals surface area contributed by atoms with Gasteiger partial charge >= 0.3 is 5.30 Å². The molecule has 1 fully saturated rings. The van der Waals surface area contributed by atoms with Gasteiger partial charge in [0.05, 0.1) is 11.8 Å². The first-order chi connectivity index (χ1) is 6.24. The molecule has 6 heteroatoms. The number of rotatable bonds is 0. The maximum atomic E-state index is 11.2. The van der Waals surface area contributed by atoms with Crippen LogP contribution in [0.1, 0.15) is 6.42 Å². The zero-order valence-corrected chi connectivity index (χ0v) is 8.29. The monoisotopic (exact) mass is 221 g/mol. The first-order valence-corrected chi connectivity index (χ1v) is 5.71. The maximum absolute atomic E-state index is 11.2.